The van der Waals surface area contributed by atoms with Gasteiger partial charge in [-0.15, -0.1) is 0 Å². The highest BCUT2D eigenvalue weighted by Gasteiger charge is 2.41. The van der Waals surface area contributed by atoms with Crippen molar-refractivity contribution in [3.05, 3.63) is 0 Å². The summed E-state index contributed by atoms with van der Waals surface area (Å²) in [6.45, 7) is 3.01. The minimum absolute atomic E-state index is 0.248. The largest absolute Gasteiger partial charge is 0.479 e. The molecule has 0 aliphatic carbocycles. The van der Waals surface area contributed by atoms with Crippen molar-refractivity contribution in [1.82, 2.24) is 0 Å². The molecule has 0 aromatic carbocycles. The molecule has 5 nitrogen and oxygen atoms in total. The molecule has 94 valence electrons. The molecule has 0 aliphatic rings. The lowest BCUT2D eigenvalue weighted by Gasteiger charge is -2.22. The minimum Gasteiger partial charge on any atom is -0.479 e. The zero-order valence-electron chi connectivity index (χ0n) is 9.53. The van der Waals surface area contributed by atoms with Crippen LogP contribution in [0.25, 0.3) is 0 Å². The molecule has 0 radical (unpaired) electrons. The van der Waals surface area contributed by atoms with Gasteiger partial charge in [0.15, 0.2) is 0 Å². The first-order valence-corrected chi connectivity index (χ1v) is 5.15. The number of ether oxygens (including phenoxy) is 1. The molecule has 0 bridgehead atoms. The predicted molar refractivity (Wildman–Crippen MR) is 55.6 cm³/mol. The third-order valence-corrected chi connectivity index (χ3v) is 2.26. The lowest BCUT2D eigenvalue weighted by Crippen LogP contribution is -2.49. The summed E-state index contributed by atoms with van der Waals surface area (Å²) in [6, 6.07) is -1.40. The fourth-order valence-electron chi connectivity index (χ4n) is 0.919. The van der Waals surface area contributed by atoms with Gasteiger partial charge in [-0.05, 0) is 13.3 Å². The number of nitrogens with two attached hydrogens (primary N) is 1. The fourth-order valence-corrected chi connectivity index (χ4v) is 0.919. The van der Waals surface area contributed by atoms with Crippen LogP contribution in [0.4, 0.5) is 4.39 Å². The third kappa shape index (κ3) is 4.57. The number of aliphatic carboxylic acids is 1. The summed E-state index contributed by atoms with van der Waals surface area (Å²) in [5.74, 6) is -2.35. The molecule has 2 unspecified atom stereocenters. The minimum atomic E-state index is -2.62. The van der Waals surface area contributed by atoms with Gasteiger partial charge in [-0.2, -0.15) is 0 Å². The molecule has 0 aliphatic heterocycles. The number of hydrogen-bond acceptors (Lipinski definition) is 4. The molecule has 0 rings (SSSR count). The number of carboxylic acids is 1. The number of esters is 1. The van der Waals surface area contributed by atoms with Crippen LogP contribution in [0.3, 0.4) is 0 Å². The topological polar surface area (TPSA) is 89.6 Å². The van der Waals surface area contributed by atoms with Crippen molar-refractivity contribution >= 4 is 11.9 Å². The van der Waals surface area contributed by atoms with Crippen molar-refractivity contribution in [3.63, 3.8) is 0 Å². The van der Waals surface area contributed by atoms with Gasteiger partial charge in [0.05, 0.1) is 19.1 Å². The number of hydrogen-bond donors (Lipinski definition) is 2. The second kappa shape index (κ2) is 6.42. The lowest BCUT2D eigenvalue weighted by molar-refractivity contribution is -0.153. The molecule has 16 heavy (non-hydrogen) atoms. The molecule has 2 atom stereocenters. The van der Waals surface area contributed by atoms with Gasteiger partial charge in [0.1, 0.15) is 0 Å². The maximum Gasteiger partial charge on any atom is 0.342 e. The van der Waals surface area contributed by atoms with Crippen molar-refractivity contribution in [2.45, 2.75) is 44.8 Å². The van der Waals surface area contributed by atoms with Gasteiger partial charge in [0, 0.05) is 0 Å². The van der Waals surface area contributed by atoms with Crippen LogP contribution in [0.5, 0.6) is 0 Å². The third-order valence-electron chi connectivity index (χ3n) is 2.26. The van der Waals surface area contributed by atoms with E-state index in [0.717, 1.165) is 13.3 Å². The Hall–Kier alpha value is -1.17. The fraction of sp³-hybridized carbons (Fsp3) is 0.800. The van der Waals surface area contributed by atoms with E-state index < -0.39 is 30.1 Å². The summed E-state index contributed by atoms with van der Waals surface area (Å²) in [6.07, 6.45) is 1.14. The highest BCUT2D eigenvalue weighted by molar-refractivity contribution is 5.79. The monoisotopic (exact) mass is 235 g/mol. The van der Waals surface area contributed by atoms with E-state index in [4.69, 9.17) is 15.6 Å². The van der Waals surface area contributed by atoms with Gasteiger partial charge < -0.3 is 15.6 Å². The first kappa shape index (κ1) is 14.8. The van der Waals surface area contributed by atoms with Crippen LogP contribution < -0.4 is 5.73 Å². The molecule has 0 amide bonds. The average molecular weight is 235 g/mol. The van der Waals surface area contributed by atoms with Gasteiger partial charge in [-0.1, -0.05) is 13.3 Å². The van der Waals surface area contributed by atoms with Crippen LogP contribution in [-0.4, -0.2) is 35.4 Å². The van der Waals surface area contributed by atoms with E-state index in [2.05, 4.69) is 0 Å². The van der Waals surface area contributed by atoms with Crippen molar-refractivity contribution < 1.29 is 23.8 Å². The Morgan fingerprint density at radius 3 is 2.56 bits per heavy atom. The first-order chi connectivity index (χ1) is 7.32. The normalized spacial score (nSPS) is 16.2. The van der Waals surface area contributed by atoms with Crippen LogP contribution in [0, 0.1) is 0 Å². The van der Waals surface area contributed by atoms with Gasteiger partial charge >= 0.3 is 11.9 Å². The molecular weight excluding hydrogens is 217 g/mol. The number of alkyl halides is 1. The number of halogens is 1. The maximum atomic E-state index is 13.4. The summed E-state index contributed by atoms with van der Waals surface area (Å²) in [4.78, 5) is 21.6. The predicted octanol–water partition coefficient (Wildman–Crippen LogP) is 0.860. The Kier molecular flexibility index (Phi) is 5.95. The van der Waals surface area contributed by atoms with E-state index in [1.807, 2.05) is 6.92 Å². The molecule has 6 heteroatoms. The number of carbonyl (C=O) groups is 2. The molecule has 0 fully saturated rings. The van der Waals surface area contributed by atoms with Gasteiger partial charge in [-0.25, -0.2) is 9.18 Å². The van der Waals surface area contributed by atoms with E-state index in [-0.39, 0.29) is 6.61 Å². The zero-order valence-corrected chi connectivity index (χ0v) is 9.53. The molecule has 0 saturated heterocycles. The number of rotatable bonds is 7. The SMILES string of the molecule is CCCCOC(=O)CC(N)C(C)(F)C(=O)O. The summed E-state index contributed by atoms with van der Waals surface area (Å²) in [5, 5.41) is 8.53. The second-order valence-corrected chi connectivity index (χ2v) is 3.77. The number of unbranched alkanes of at least 4 members (excludes halogenated alkanes) is 1. The van der Waals surface area contributed by atoms with Crippen molar-refractivity contribution in [2.24, 2.45) is 5.73 Å². The van der Waals surface area contributed by atoms with Gasteiger partial charge in [0.25, 0.3) is 0 Å². The lowest BCUT2D eigenvalue weighted by atomic mass is 9.97. The zero-order chi connectivity index (χ0) is 12.8. The molecule has 0 heterocycles. The molecule has 3 N–H and O–H groups in total. The standard InChI is InChI=1S/C10H18FNO4/c1-3-4-5-16-8(13)6-7(12)10(2,11)9(14)15/h7H,3-6,12H2,1-2H3,(H,14,15). The van der Waals surface area contributed by atoms with E-state index in [1.54, 1.807) is 0 Å². The average Bonchev–Trinajstić information content (AvgIpc) is 2.17. The number of carboxylic acid groups (broad SMARTS) is 1. The number of carbonyl (C=O) groups excluding carboxylic acids is 1. The molecule has 0 saturated carbocycles. The van der Waals surface area contributed by atoms with Crippen LogP contribution in [0.1, 0.15) is 33.1 Å². The Bertz CT molecular complexity index is 255. The van der Waals surface area contributed by atoms with Gasteiger partial charge in [-0.3, -0.25) is 4.79 Å². The van der Waals surface area contributed by atoms with Crippen molar-refractivity contribution in [1.29, 1.82) is 0 Å². The Balaban J connectivity index is 4.09. The summed E-state index contributed by atoms with van der Waals surface area (Å²) in [7, 11) is 0. The highest BCUT2D eigenvalue weighted by Crippen LogP contribution is 2.17. The quantitative estimate of drug-likeness (QED) is 0.504. The maximum absolute atomic E-state index is 13.4. The van der Waals surface area contributed by atoms with Crippen LogP contribution >= 0.6 is 0 Å². The molecule has 0 spiro atoms. The summed E-state index contributed by atoms with van der Waals surface area (Å²) in [5.41, 5.74) is 2.68. The first-order valence-electron chi connectivity index (χ1n) is 5.15. The van der Waals surface area contributed by atoms with E-state index in [0.29, 0.717) is 6.42 Å². The van der Waals surface area contributed by atoms with Crippen molar-refractivity contribution in [3.8, 4) is 0 Å². The van der Waals surface area contributed by atoms with E-state index in [9.17, 15) is 14.0 Å². The molecule has 0 aromatic heterocycles. The highest BCUT2D eigenvalue weighted by atomic mass is 19.1. The Morgan fingerprint density at radius 1 is 1.56 bits per heavy atom. The Labute approximate surface area is 93.8 Å². The van der Waals surface area contributed by atoms with E-state index in [1.165, 1.54) is 0 Å². The second-order valence-electron chi connectivity index (χ2n) is 3.77. The molecular formula is C10H18FNO4. The molecule has 0 aromatic rings. The van der Waals surface area contributed by atoms with Crippen LogP contribution in [0.15, 0.2) is 0 Å². The van der Waals surface area contributed by atoms with Crippen LogP contribution in [0.2, 0.25) is 0 Å². The van der Waals surface area contributed by atoms with Gasteiger partial charge in [0.2, 0.25) is 5.67 Å². The van der Waals surface area contributed by atoms with Crippen molar-refractivity contribution in [2.75, 3.05) is 6.61 Å². The summed E-state index contributed by atoms with van der Waals surface area (Å²) < 4.78 is 18.2. The summed E-state index contributed by atoms with van der Waals surface area (Å²) >= 11 is 0. The Morgan fingerprint density at radius 2 is 2.12 bits per heavy atom. The van der Waals surface area contributed by atoms with Crippen LogP contribution in [-0.2, 0) is 14.3 Å². The smallest absolute Gasteiger partial charge is 0.342 e. The van der Waals surface area contributed by atoms with E-state index >= 15 is 0 Å².